The van der Waals surface area contributed by atoms with Crippen molar-refractivity contribution in [2.24, 2.45) is 0 Å². The van der Waals surface area contributed by atoms with Crippen molar-refractivity contribution in [2.45, 2.75) is 71.6 Å². The van der Waals surface area contributed by atoms with Gasteiger partial charge in [-0.3, -0.25) is 0 Å². The second-order valence-electron chi connectivity index (χ2n) is 18.2. The minimum absolute atomic E-state index is 0.0437. The lowest BCUT2D eigenvalue weighted by Crippen LogP contribution is -2.17. The van der Waals surface area contributed by atoms with Crippen LogP contribution in [-0.2, 0) is 16.2 Å². The van der Waals surface area contributed by atoms with E-state index in [1.165, 1.54) is 44.5 Å². The molecule has 0 radical (unpaired) electrons. The van der Waals surface area contributed by atoms with Gasteiger partial charge >= 0.3 is 0 Å². The third-order valence-corrected chi connectivity index (χ3v) is 12.1. The third-order valence-electron chi connectivity index (χ3n) is 12.1. The van der Waals surface area contributed by atoms with Crippen molar-refractivity contribution in [1.82, 2.24) is 0 Å². The number of hydrogen-bond donors (Lipinski definition) is 0. The van der Waals surface area contributed by atoms with E-state index in [1.807, 2.05) is 0 Å². The Morgan fingerprint density at radius 3 is 1.91 bits per heavy atom. The Labute approximate surface area is 329 Å². The van der Waals surface area contributed by atoms with Crippen LogP contribution in [0.4, 0.5) is 17.1 Å². The zero-order valence-electron chi connectivity index (χ0n) is 33.5. The summed E-state index contributed by atoms with van der Waals surface area (Å²) in [5.74, 6) is 0. The number of hydrogen-bond acceptors (Lipinski definition) is 3. The van der Waals surface area contributed by atoms with Gasteiger partial charge in [0.2, 0.25) is 0 Å². The van der Waals surface area contributed by atoms with Gasteiger partial charge in [-0.15, -0.1) is 0 Å². The Morgan fingerprint density at radius 2 is 1.14 bits per heavy atom. The average molecular weight is 730 g/mol. The van der Waals surface area contributed by atoms with Crippen molar-refractivity contribution in [2.75, 3.05) is 4.90 Å². The fraction of sp³-hybridized carbons (Fsp3) is 0.208. The molecule has 0 amide bonds. The van der Waals surface area contributed by atoms with Gasteiger partial charge in [-0.2, -0.15) is 0 Å². The molecule has 7 aromatic carbocycles. The van der Waals surface area contributed by atoms with Crippen molar-refractivity contribution in [3.63, 3.8) is 0 Å². The summed E-state index contributed by atoms with van der Waals surface area (Å²) >= 11 is 0. The van der Waals surface area contributed by atoms with Crippen molar-refractivity contribution < 1.29 is 8.83 Å². The maximum atomic E-state index is 6.91. The van der Waals surface area contributed by atoms with Gasteiger partial charge in [0.05, 0.1) is 11.1 Å². The molecular formula is C53H47NO2. The highest BCUT2D eigenvalue weighted by atomic mass is 16.3. The molecule has 0 bridgehead atoms. The van der Waals surface area contributed by atoms with E-state index in [4.69, 9.17) is 8.83 Å². The van der Waals surface area contributed by atoms with Crippen LogP contribution >= 0.6 is 0 Å². The van der Waals surface area contributed by atoms with Crippen LogP contribution in [0.25, 0.3) is 66.1 Å². The molecule has 56 heavy (non-hydrogen) atoms. The Balaban J connectivity index is 1.26. The summed E-state index contributed by atoms with van der Waals surface area (Å²) in [6.07, 6.45) is 0. The van der Waals surface area contributed by atoms with E-state index in [-0.39, 0.29) is 16.2 Å². The lowest BCUT2D eigenvalue weighted by Gasteiger charge is -2.29. The highest BCUT2D eigenvalue weighted by Gasteiger charge is 2.36. The van der Waals surface area contributed by atoms with Gasteiger partial charge in [-0.25, -0.2) is 0 Å². The minimum Gasteiger partial charge on any atom is -0.456 e. The molecule has 2 heterocycles. The zero-order valence-corrected chi connectivity index (χ0v) is 33.5. The molecule has 0 saturated carbocycles. The number of anilines is 3. The maximum absolute atomic E-state index is 6.91. The molecule has 3 nitrogen and oxygen atoms in total. The van der Waals surface area contributed by atoms with E-state index < -0.39 is 0 Å². The Morgan fingerprint density at radius 1 is 0.482 bits per heavy atom. The van der Waals surface area contributed by atoms with Crippen molar-refractivity contribution in [3.8, 4) is 22.3 Å². The molecule has 0 fully saturated rings. The van der Waals surface area contributed by atoms with Crippen LogP contribution in [0.5, 0.6) is 0 Å². The normalized spacial score (nSPS) is 13.9. The first-order valence-electron chi connectivity index (χ1n) is 19.8. The van der Waals surface area contributed by atoms with E-state index in [0.29, 0.717) is 0 Å². The van der Waals surface area contributed by atoms with E-state index in [1.54, 1.807) is 0 Å². The smallest absolute Gasteiger partial charge is 0.139 e. The molecule has 0 saturated heterocycles. The maximum Gasteiger partial charge on any atom is 0.139 e. The number of rotatable bonds is 4. The number of benzene rings is 7. The van der Waals surface area contributed by atoms with Crippen LogP contribution < -0.4 is 4.90 Å². The van der Waals surface area contributed by atoms with Gasteiger partial charge in [-0.05, 0) is 98.3 Å². The van der Waals surface area contributed by atoms with Gasteiger partial charge in [0.25, 0.3) is 0 Å². The quantitative estimate of drug-likeness (QED) is 0.181. The molecule has 9 aromatic rings. The predicted molar refractivity (Wildman–Crippen MR) is 236 cm³/mol. The summed E-state index contributed by atoms with van der Waals surface area (Å²) in [7, 11) is 0. The lowest BCUT2D eigenvalue weighted by atomic mass is 9.79. The van der Waals surface area contributed by atoms with Gasteiger partial charge in [0.1, 0.15) is 22.3 Å². The molecule has 1 aliphatic carbocycles. The summed E-state index contributed by atoms with van der Waals surface area (Å²) in [5, 5.41) is 4.49. The first kappa shape index (κ1) is 34.4. The van der Waals surface area contributed by atoms with Gasteiger partial charge in [-0.1, -0.05) is 140 Å². The molecule has 0 N–H and O–H groups in total. The average Bonchev–Trinajstić information content (AvgIpc) is 3.82. The summed E-state index contributed by atoms with van der Waals surface area (Å²) in [4.78, 5) is 2.42. The number of furan rings is 2. The predicted octanol–water partition coefficient (Wildman–Crippen LogP) is 15.5. The van der Waals surface area contributed by atoms with E-state index >= 15 is 0 Å². The van der Waals surface area contributed by atoms with Gasteiger partial charge in [0, 0.05) is 44.6 Å². The fourth-order valence-corrected chi connectivity index (χ4v) is 9.16. The molecule has 0 aliphatic heterocycles. The van der Waals surface area contributed by atoms with Crippen molar-refractivity contribution >= 4 is 60.9 Å². The topological polar surface area (TPSA) is 29.5 Å². The van der Waals surface area contributed by atoms with Gasteiger partial charge in [0.15, 0.2) is 0 Å². The Kier molecular flexibility index (Phi) is 7.36. The third kappa shape index (κ3) is 5.17. The molecular weight excluding hydrogens is 683 g/mol. The largest absolute Gasteiger partial charge is 0.456 e. The first-order valence-corrected chi connectivity index (χ1v) is 19.8. The van der Waals surface area contributed by atoms with Crippen LogP contribution in [0.3, 0.4) is 0 Å². The lowest BCUT2D eigenvalue weighted by molar-refractivity contribution is 0.559. The Bertz CT molecular complexity index is 3020. The second-order valence-corrected chi connectivity index (χ2v) is 18.2. The first-order chi connectivity index (χ1) is 26.8. The standard InChI is InChI=1S/C53H47NO2/c1-51(2,3)33-28-40-49-44(21-15-23-46(49)56-50(40)43(29-33)52(4,5)6)54(34-24-26-38-37-18-12-13-20-41(37)53(7,8)42(38)30-34)35-25-27-39-47(31-35)55-45-22-14-19-36(48(39)45)32-16-10-9-11-17-32/h9-31H,1-8H3. The van der Waals surface area contributed by atoms with Crippen molar-refractivity contribution in [3.05, 3.63) is 162 Å². The molecule has 0 spiro atoms. The summed E-state index contributed by atoms with van der Waals surface area (Å²) in [6, 6.07) is 50.8. The van der Waals surface area contributed by atoms with E-state index in [9.17, 15) is 0 Å². The number of fused-ring (bicyclic) bond motifs is 9. The van der Waals surface area contributed by atoms with Crippen LogP contribution in [-0.4, -0.2) is 0 Å². The van der Waals surface area contributed by atoms with Crippen LogP contribution in [0.15, 0.2) is 148 Å². The Hall–Kier alpha value is -6.06. The molecule has 3 heteroatoms. The molecule has 276 valence electrons. The van der Waals surface area contributed by atoms with E-state index in [2.05, 4.69) is 200 Å². The van der Waals surface area contributed by atoms with Crippen LogP contribution in [0.2, 0.25) is 0 Å². The van der Waals surface area contributed by atoms with Gasteiger partial charge < -0.3 is 13.7 Å². The number of nitrogens with zero attached hydrogens (tertiary/aromatic N) is 1. The van der Waals surface area contributed by atoms with Crippen LogP contribution in [0, 0.1) is 0 Å². The van der Waals surface area contributed by atoms with E-state index in [0.717, 1.165) is 60.9 Å². The molecule has 2 aromatic heterocycles. The molecule has 0 unspecified atom stereocenters. The highest BCUT2D eigenvalue weighted by Crippen LogP contribution is 2.52. The monoisotopic (exact) mass is 729 g/mol. The summed E-state index contributed by atoms with van der Waals surface area (Å²) in [5.41, 5.74) is 16.6. The SMILES string of the molecule is CC(C)(C)c1cc(C(C)(C)C)c2oc3cccc(N(c4ccc5c(c4)C(C)(C)c4ccccc4-5)c4ccc5c(c4)oc4cccc(-c6ccccc6)c45)c3c2c1. The molecule has 0 atom stereocenters. The molecule has 1 aliphatic rings. The minimum atomic E-state index is -0.151. The second kappa shape index (κ2) is 12.0. The highest BCUT2D eigenvalue weighted by molar-refractivity contribution is 6.16. The van der Waals surface area contributed by atoms with Crippen molar-refractivity contribution in [1.29, 1.82) is 0 Å². The molecule has 10 rings (SSSR count). The van der Waals surface area contributed by atoms with Crippen LogP contribution in [0.1, 0.15) is 77.6 Å². The summed E-state index contributed by atoms with van der Waals surface area (Å²) < 4.78 is 13.6. The fourth-order valence-electron chi connectivity index (χ4n) is 9.16. The summed E-state index contributed by atoms with van der Waals surface area (Å²) in [6.45, 7) is 18.4. The zero-order chi connectivity index (χ0) is 38.7.